The van der Waals surface area contributed by atoms with Crippen molar-refractivity contribution in [2.75, 3.05) is 40.3 Å². The lowest BCUT2D eigenvalue weighted by molar-refractivity contribution is 0.248. The van der Waals surface area contributed by atoms with Gasteiger partial charge in [0.25, 0.3) is 0 Å². The monoisotopic (exact) mass is 485 g/mol. The van der Waals surface area contributed by atoms with Crippen molar-refractivity contribution in [3.8, 4) is 0 Å². The molecule has 6 heteroatoms. The lowest BCUT2D eigenvalue weighted by Crippen LogP contribution is -2.40. The molecule has 1 heterocycles. The van der Waals surface area contributed by atoms with Gasteiger partial charge in [0.1, 0.15) is 0 Å². The van der Waals surface area contributed by atoms with Crippen LogP contribution in [0.5, 0.6) is 0 Å². The number of nitrogens with one attached hydrogen (secondary N) is 3. The van der Waals surface area contributed by atoms with E-state index in [0.29, 0.717) is 0 Å². The molecule has 0 amide bonds. The van der Waals surface area contributed by atoms with Crippen molar-refractivity contribution in [1.82, 2.24) is 20.5 Å². The Morgan fingerprint density at radius 2 is 1.96 bits per heavy atom. The number of aryl methyl sites for hydroxylation is 1. The summed E-state index contributed by atoms with van der Waals surface area (Å²) in [6.07, 6.45) is 3.09. The second-order valence-corrected chi connectivity index (χ2v) is 8.14. The molecule has 0 spiro atoms. The number of aliphatic imine (C=N–C) groups is 1. The summed E-state index contributed by atoms with van der Waals surface area (Å²) in [6, 6.07) is 6.58. The zero-order valence-corrected chi connectivity index (χ0v) is 20.0. The highest BCUT2D eigenvalue weighted by Crippen LogP contribution is 2.19. The van der Waals surface area contributed by atoms with Crippen molar-refractivity contribution in [1.29, 1.82) is 0 Å². The number of benzene rings is 1. The zero-order valence-electron chi connectivity index (χ0n) is 17.6. The Morgan fingerprint density at radius 3 is 2.63 bits per heavy atom. The van der Waals surface area contributed by atoms with Crippen LogP contribution in [0.25, 0.3) is 10.9 Å². The Balaban J connectivity index is 0.00000364. The minimum atomic E-state index is 0. The van der Waals surface area contributed by atoms with Crippen LogP contribution in [0, 0.1) is 12.3 Å². The van der Waals surface area contributed by atoms with Gasteiger partial charge >= 0.3 is 0 Å². The molecule has 0 bridgehead atoms. The number of H-pyrrole nitrogens is 1. The van der Waals surface area contributed by atoms with Crippen LogP contribution >= 0.6 is 24.0 Å². The minimum Gasteiger partial charge on any atom is -0.361 e. The number of guanidine groups is 1. The first-order valence-electron chi connectivity index (χ1n) is 9.54. The highest BCUT2D eigenvalue weighted by atomic mass is 127. The van der Waals surface area contributed by atoms with Crippen LogP contribution in [0.1, 0.15) is 31.9 Å². The van der Waals surface area contributed by atoms with Crippen LogP contribution in [0.2, 0.25) is 0 Å². The summed E-state index contributed by atoms with van der Waals surface area (Å²) in [5, 5.41) is 8.13. The van der Waals surface area contributed by atoms with Gasteiger partial charge in [-0.3, -0.25) is 4.99 Å². The lowest BCUT2D eigenvalue weighted by Gasteiger charge is -2.26. The number of hydrogen-bond acceptors (Lipinski definition) is 2. The summed E-state index contributed by atoms with van der Waals surface area (Å²) in [5.41, 5.74) is 3.99. The molecule has 152 valence electrons. The first kappa shape index (κ1) is 23.8. The number of nitrogens with zero attached hydrogens (tertiary/aromatic N) is 2. The molecule has 5 nitrogen and oxygen atoms in total. The van der Waals surface area contributed by atoms with Gasteiger partial charge in [0.2, 0.25) is 0 Å². The topological polar surface area (TPSA) is 55.5 Å². The number of aromatic nitrogens is 1. The summed E-state index contributed by atoms with van der Waals surface area (Å²) < 4.78 is 0. The number of fused-ring (bicyclic) bond motifs is 1. The van der Waals surface area contributed by atoms with E-state index in [1.54, 1.807) is 0 Å². The van der Waals surface area contributed by atoms with Crippen LogP contribution in [0.3, 0.4) is 0 Å². The molecule has 27 heavy (non-hydrogen) atoms. The Bertz CT molecular complexity index is 733. The maximum absolute atomic E-state index is 4.79. The molecule has 0 atom stereocenters. The van der Waals surface area contributed by atoms with Gasteiger partial charge in [0.15, 0.2) is 5.96 Å². The molecule has 1 aromatic carbocycles. The Labute approximate surface area is 181 Å². The Hall–Kier alpha value is -1.28. The highest BCUT2D eigenvalue weighted by Gasteiger charge is 2.18. The third-order valence-corrected chi connectivity index (χ3v) is 4.36. The maximum Gasteiger partial charge on any atom is 0.191 e. The van der Waals surface area contributed by atoms with Crippen molar-refractivity contribution in [2.24, 2.45) is 10.4 Å². The molecular weight excluding hydrogens is 449 g/mol. The van der Waals surface area contributed by atoms with Gasteiger partial charge in [-0.2, -0.15) is 0 Å². The molecule has 1 aromatic heterocycles. The smallest absolute Gasteiger partial charge is 0.191 e. The van der Waals surface area contributed by atoms with E-state index in [9.17, 15) is 0 Å². The predicted octanol–water partition coefficient (Wildman–Crippen LogP) is 3.78. The van der Waals surface area contributed by atoms with Crippen LogP contribution in [-0.4, -0.2) is 56.1 Å². The average Bonchev–Trinajstić information content (AvgIpc) is 2.93. The number of rotatable bonds is 8. The lowest BCUT2D eigenvalue weighted by atomic mass is 9.93. The van der Waals surface area contributed by atoms with Gasteiger partial charge in [0.05, 0.1) is 0 Å². The van der Waals surface area contributed by atoms with Crippen LogP contribution in [0.4, 0.5) is 0 Å². The van der Waals surface area contributed by atoms with E-state index < -0.39 is 0 Å². The standard InChI is InChI=1S/C21H35N5.HI/c1-7-22-20(25-14-21(3,4)15-26(5)6)23-11-10-17-13-24-19-12-16(2)8-9-18(17)19;/h8-9,12-13,24H,7,10-11,14-15H2,1-6H3,(H2,22,23,25);1H. The first-order valence-corrected chi connectivity index (χ1v) is 9.54. The Morgan fingerprint density at radius 1 is 1.22 bits per heavy atom. The van der Waals surface area contributed by atoms with E-state index >= 15 is 0 Å². The van der Waals surface area contributed by atoms with E-state index in [2.05, 4.69) is 86.7 Å². The van der Waals surface area contributed by atoms with Crippen molar-refractivity contribution in [3.63, 3.8) is 0 Å². The van der Waals surface area contributed by atoms with E-state index in [1.807, 2.05) is 0 Å². The summed E-state index contributed by atoms with van der Waals surface area (Å²) >= 11 is 0. The molecule has 0 saturated heterocycles. The molecule has 0 aliphatic rings. The second kappa shape index (κ2) is 10.9. The van der Waals surface area contributed by atoms with E-state index in [0.717, 1.165) is 38.6 Å². The average molecular weight is 485 g/mol. The first-order chi connectivity index (χ1) is 12.3. The summed E-state index contributed by atoms with van der Waals surface area (Å²) in [4.78, 5) is 10.4. The summed E-state index contributed by atoms with van der Waals surface area (Å²) in [7, 11) is 4.22. The molecule has 0 radical (unpaired) electrons. The number of aromatic amines is 1. The third-order valence-electron chi connectivity index (χ3n) is 4.36. The fourth-order valence-electron chi connectivity index (χ4n) is 3.36. The van der Waals surface area contributed by atoms with Gasteiger partial charge in [-0.1, -0.05) is 26.0 Å². The molecule has 2 aromatic rings. The molecule has 0 saturated carbocycles. The molecule has 2 rings (SSSR count). The molecule has 0 aliphatic heterocycles. The van der Waals surface area contributed by atoms with Crippen molar-refractivity contribution in [3.05, 3.63) is 35.5 Å². The summed E-state index contributed by atoms with van der Waals surface area (Å²) in [5.74, 6) is 0.898. The van der Waals surface area contributed by atoms with Gasteiger partial charge in [0, 0.05) is 43.3 Å². The molecule has 3 N–H and O–H groups in total. The van der Waals surface area contributed by atoms with Crippen LogP contribution in [0.15, 0.2) is 29.4 Å². The van der Waals surface area contributed by atoms with Crippen LogP contribution in [-0.2, 0) is 6.42 Å². The molecule has 0 fully saturated rings. The fraction of sp³-hybridized carbons (Fsp3) is 0.571. The van der Waals surface area contributed by atoms with E-state index in [4.69, 9.17) is 4.99 Å². The van der Waals surface area contributed by atoms with Crippen LogP contribution < -0.4 is 10.6 Å². The van der Waals surface area contributed by atoms with Gasteiger partial charge in [-0.15, -0.1) is 24.0 Å². The fourth-order valence-corrected chi connectivity index (χ4v) is 3.36. The largest absolute Gasteiger partial charge is 0.361 e. The van der Waals surface area contributed by atoms with E-state index in [1.165, 1.54) is 22.0 Å². The van der Waals surface area contributed by atoms with Crippen molar-refractivity contribution in [2.45, 2.75) is 34.1 Å². The van der Waals surface area contributed by atoms with E-state index in [-0.39, 0.29) is 29.4 Å². The summed E-state index contributed by atoms with van der Waals surface area (Å²) in [6.45, 7) is 12.3. The Kier molecular flexibility index (Phi) is 9.59. The zero-order chi connectivity index (χ0) is 19.2. The SMILES string of the molecule is CCNC(=NCC(C)(C)CN(C)C)NCCc1c[nH]c2cc(C)ccc12.I. The van der Waals surface area contributed by atoms with Gasteiger partial charge < -0.3 is 20.5 Å². The second-order valence-electron chi connectivity index (χ2n) is 8.14. The molecule has 0 unspecified atom stereocenters. The minimum absolute atomic E-state index is 0. The number of halogens is 1. The quantitative estimate of drug-likeness (QED) is 0.303. The number of hydrogen-bond donors (Lipinski definition) is 3. The van der Waals surface area contributed by atoms with Gasteiger partial charge in [-0.25, -0.2) is 0 Å². The highest BCUT2D eigenvalue weighted by molar-refractivity contribution is 14.0. The molecule has 0 aliphatic carbocycles. The van der Waals surface area contributed by atoms with Crippen molar-refractivity contribution < 1.29 is 0 Å². The maximum atomic E-state index is 4.79. The van der Waals surface area contributed by atoms with Crippen molar-refractivity contribution >= 4 is 40.8 Å². The third kappa shape index (κ3) is 7.70. The predicted molar refractivity (Wildman–Crippen MR) is 128 cm³/mol. The normalized spacial score (nSPS) is 12.3. The molecular formula is C21H36IN5. The van der Waals surface area contributed by atoms with Gasteiger partial charge in [-0.05, 0) is 57.0 Å².